The Morgan fingerprint density at radius 2 is 1.88 bits per heavy atom. The average molecular weight is 563 g/mol. The lowest BCUT2D eigenvalue weighted by Crippen LogP contribution is -2.29. The topological polar surface area (TPSA) is 115 Å². The normalized spacial score (nSPS) is 16.2. The fourth-order valence-electron chi connectivity index (χ4n) is 4.34. The monoisotopic (exact) mass is 562 g/mol. The molecule has 1 aliphatic rings. The highest BCUT2D eigenvalue weighted by atomic mass is 32.1. The second-order valence-corrected chi connectivity index (χ2v) is 10.0. The highest BCUT2D eigenvalue weighted by molar-refractivity contribution is 7.17. The van der Waals surface area contributed by atoms with Crippen molar-refractivity contribution in [3.05, 3.63) is 88.0 Å². The number of aliphatic hydroxyl groups is 1. The van der Waals surface area contributed by atoms with Crippen LogP contribution >= 0.6 is 11.3 Å². The number of amides is 1. The van der Waals surface area contributed by atoms with Gasteiger partial charge < -0.3 is 19.3 Å². The van der Waals surface area contributed by atoms with Crippen molar-refractivity contribution in [2.75, 3.05) is 25.2 Å². The summed E-state index contributed by atoms with van der Waals surface area (Å²) in [5, 5.41) is 11.6. The first-order valence-electron chi connectivity index (χ1n) is 12.7. The third-order valence-corrected chi connectivity index (χ3v) is 7.42. The molecule has 2 aromatic carbocycles. The van der Waals surface area contributed by atoms with Gasteiger partial charge in [0.2, 0.25) is 0 Å². The summed E-state index contributed by atoms with van der Waals surface area (Å²) in [4.78, 5) is 45.1. The number of Topliss-reactive ketones (excluding diaryl/α,β-unsaturated/α-hetero) is 1. The first kappa shape index (κ1) is 28.6. The molecule has 40 heavy (non-hydrogen) atoms. The summed E-state index contributed by atoms with van der Waals surface area (Å²) in [6.45, 7) is 9.96. The molecule has 1 aromatic heterocycles. The molecule has 2 heterocycles. The van der Waals surface area contributed by atoms with Crippen molar-refractivity contribution in [2.24, 2.45) is 0 Å². The van der Waals surface area contributed by atoms with E-state index in [4.69, 9.17) is 14.2 Å². The molecule has 4 rings (SSSR count). The summed E-state index contributed by atoms with van der Waals surface area (Å²) in [5.41, 5.74) is 1.93. The zero-order chi connectivity index (χ0) is 29.0. The van der Waals surface area contributed by atoms with E-state index in [0.717, 1.165) is 23.3 Å². The number of aryl methyl sites for hydroxylation is 2. The molecule has 1 unspecified atom stereocenters. The van der Waals surface area contributed by atoms with E-state index in [1.54, 1.807) is 55.5 Å². The third kappa shape index (κ3) is 5.48. The van der Waals surface area contributed by atoms with Crippen LogP contribution < -0.4 is 14.4 Å². The maximum Gasteiger partial charge on any atom is 0.350 e. The second-order valence-electron chi connectivity index (χ2n) is 9.07. The van der Waals surface area contributed by atoms with Crippen LogP contribution in [0.5, 0.6) is 11.5 Å². The number of nitrogens with zero attached hydrogens (tertiary/aromatic N) is 2. The number of hydrogen-bond acceptors (Lipinski definition) is 9. The molecule has 0 saturated carbocycles. The minimum Gasteiger partial charge on any atom is -0.507 e. The molecule has 0 radical (unpaired) electrons. The summed E-state index contributed by atoms with van der Waals surface area (Å²) in [7, 11) is 1.25. The molecule has 1 saturated heterocycles. The molecule has 1 N–H and O–H groups in total. The van der Waals surface area contributed by atoms with Crippen molar-refractivity contribution in [2.45, 2.75) is 33.2 Å². The Morgan fingerprint density at radius 1 is 1.15 bits per heavy atom. The summed E-state index contributed by atoms with van der Waals surface area (Å²) in [6, 6.07) is 10.9. The smallest absolute Gasteiger partial charge is 0.350 e. The minimum atomic E-state index is -1.01. The van der Waals surface area contributed by atoms with E-state index in [2.05, 4.69) is 11.6 Å². The number of esters is 1. The van der Waals surface area contributed by atoms with Gasteiger partial charge in [0.25, 0.3) is 5.78 Å². The van der Waals surface area contributed by atoms with Gasteiger partial charge >= 0.3 is 11.9 Å². The lowest BCUT2D eigenvalue weighted by molar-refractivity contribution is -0.132. The van der Waals surface area contributed by atoms with Crippen LogP contribution in [-0.2, 0) is 14.3 Å². The molecule has 1 atom stereocenters. The van der Waals surface area contributed by atoms with Crippen LogP contribution in [0.1, 0.15) is 51.4 Å². The number of methoxy groups -OCH3 is 1. The number of aromatic nitrogens is 1. The number of ether oxygens (including phenoxy) is 3. The van der Waals surface area contributed by atoms with E-state index < -0.39 is 23.7 Å². The molecule has 10 heteroatoms. The van der Waals surface area contributed by atoms with Crippen LogP contribution in [0.2, 0.25) is 0 Å². The Hall–Kier alpha value is -4.44. The maximum absolute atomic E-state index is 13.5. The van der Waals surface area contributed by atoms with Gasteiger partial charge in [0.15, 0.2) is 5.13 Å². The number of rotatable bonds is 10. The van der Waals surface area contributed by atoms with E-state index in [9.17, 15) is 19.5 Å². The fraction of sp³-hybridized carbons (Fsp3) is 0.267. The van der Waals surface area contributed by atoms with Crippen molar-refractivity contribution in [3.8, 4) is 11.5 Å². The Kier molecular flexibility index (Phi) is 8.69. The Balaban J connectivity index is 1.86. The van der Waals surface area contributed by atoms with E-state index in [-0.39, 0.29) is 21.3 Å². The quantitative estimate of drug-likeness (QED) is 0.113. The highest BCUT2D eigenvalue weighted by Crippen LogP contribution is 2.44. The van der Waals surface area contributed by atoms with E-state index >= 15 is 0 Å². The van der Waals surface area contributed by atoms with Crippen LogP contribution in [0.4, 0.5) is 5.13 Å². The van der Waals surface area contributed by atoms with Crippen molar-refractivity contribution in [1.29, 1.82) is 0 Å². The maximum atomic E-state index is 13.5. The standard InChI is InChI=1S/C30H30N2O7S/c1-6-14-38-21-11-8-19(9-12-21)24-23(25(33)20-10-13-22(17(3)16-20)39-15-7-2)26(34)28(35)32(24)30-31-18(4)27(40-30)29(36)37-5/h6,8-13,16,24,33H,1,7,14-15H2,2-5H3. The number of carbonyl (C=O) groups is 3. The van der Waals surface area contributed by atoms with E-state index in [0.29, 0.717) is 41.5 Å². The third-order valence-electron chi connectivity index (χ3n) is 6.28. The van der Waals surface area contributed by atoms with Gasteiger partial charge in [-0.2, -0.15) is 0 Å². The van der Waals surface area contributed by atoms with Gasteiger partial charge in [-0.05, 0) is 61.7 Å². The molecule has 0 aliphatic carbocycles. The van der Waals surface area contributed by atoms with Gasteiger partial charge in [-0.15, -0.1) is 0 Å². The van der Waals surface area contributed by atoms with Crippen molar-refractivity contribution in [3.63, 3.8) is 0 Å². The SMILES string of the molecule is C=CCOc1ccc(C2C(=C(O)c3ccc(OCCC)c(C)c3)C(=O)C(=O)N2c2nc(C)c(C(=O)OC)s2)cc1. The average Bonchev–Trinajstić information content (AvgIpc) is 3.46. The van der Waals surface area contributed by atoms with Gasteiger partial charge in [-0.1, -0.05) is 43.0 Å². The van der Waals surface area contributed by atoms with Crippen LogP contribution in [0.25, 0.3) is 5.76 Å². The molecule has 3 aromatic rings. The van der Waals surface area contributed by atoms with Crippen molar-refractivity contribution < 1.29 is 33.7 Å². The first-order valence-corrected chi connectivity index (χ1v) is 13.5. The number of carbonyl (C=O) groups excluding carboxylic acids is 3. The van der Waals surface area contributed by atoms with Gasteiger partial charge in [0.05, 0.1) is 31.0 Å². The predicted molar refractivity (Wildman–Crippen MR) is 152 cm³/mol. The summed E-state index contributed by atoms with van der Waals surface area (Å²) in [6.07, 6.45) is 2.46. The van der Waals surface area contributed by atoms with E-state index in [1.165, 1.54) is 12.0 Å². The number of benzene rings is 2. The number of ketones is 1. The molecule has 1 fully saturated rings. The number of hydrogen-bond donors (Lipinski definition) is 1. The molecular weight excluding hydrogens is 532 g/mol. The molecule has 1 aliphatic heterocycles. The van der Waals surface area contributed by atoms with Crippen molar-refractivity contribution in [1.82, 2.24) is 4.98 Å². The number of anilines is 1. The highest BCUT2D eigenvalue weighted by Gasteiger charge is 2.48. The predicted octanol–water partition coefficient (Wildman–Crippen LogP) is 5.53. The lowest BCUT2D eigenvalue weighted by atomic mass is 9.95. The van der Waals surface area contributed by atoms with Crippen LogP contribution in [0, 0.1) is 13.8 Å². The minimum absolute atomic E-state index is 0.0983. The Labute approximate surface area is 236 Å². The van der Waals surface area contributed by atoms with Gasteiger partial charge in [-0.25, -0.2) is 9.78 Å². The summed E-state index contributed by atoms with van der Waals surface area (Å²) in [5.74, 6) is -1.44. The first-order chi connectivity index (χ1) is 19.2. The van der Waals surface area contributed by atoms with Gasteiger partial charge in [0, 0.05) is 5.56 Å². The van der Waals surface area contributed by atoms with Crippen molar-refractivity contribution >= 4 is 39.9 Å². The zero-order valence-electron chi connectivity index (χ0n) is 22.7. The Bertz CT molecular complexity index is 1490. The fourth-order valence-corrected chi connectivity index (χ4v) is 5.35. The van der Waals surface area contributed by atoms with Crippen LogP contribution in [-0.4, -0.2) is 48.1 Å². The molecule has 0 spiro atoms. The number of thiazole rings is 1. The number of aliphatic hydroxyl groups excluding tert-OH is 1. The molecular formula is C30H30N2O7S. The summed E-state index contributed by atoms with van der Waals surface area (Å²) < 4.78 is 16.2. The van der Waals surface area contributed by atoms with E-state index in [1.807, 2.05) is 13.8 Å². The van der Waals surface area contributed by atoms with Gasteiger partial charge in [0.1, 0.15) is 28.7 Å². The zero-order valence-corrected chi connectivity index (χ0v) is 23.5. The second kappa shape index (κ2) is 12.2. The van der Waals surface area contributed by atoms with Crippen LogP contribution in [0.3, 0.4) is 0 Å². The lowest BCUT2D eigenvalue weighted by Gasteiger charge is -2.23. The molecule has 0 bridgehead atoms. The van der Waals surface area contributed by atoms with Gasteiger partial charge in [-0.3, -0.25) is 14.5 Å². The summed E-state index contributed by atoms with van der Waals surface area (Å²) >= 11 is 0.940. The molecule has 1 amide bonds. The molecule has 9 nitrogen and oxygen atoms in total. The van der Waals surface area contributed by atoms with Crippen LogP contribution in [0.15, 0.2) is 60.7 Å². The molecule has 208 valence electrons. The largest absolute Gasteiger partial charge is 0.507 e. The Morgan fingerprint density at radius 3 is 2.50 bits per heavy atom.